The van der Waals surface area contributed by atoms with Crippen molar-refractivity contribution in [3.63, 3.8) is 0 Å². The second kappa shape index (κ2) is 7.21. The van der Waals surface area contributed by atoms with Crippen molar-refractivity contribution < 1.29 is 9.84 Å². The molecule has 0 spiro atoms. The van der Waals surface area contributed by atoms with Crippen LogP contribution in [0.1, 0.15) is 33.6 Å². The lowest BCUT2D eigenvalue weighted by Gasteiger charge is -2.24. The van der Waals surface area contributed by atoms with Gasteiger partial charge in [0, 0.05) is 26.7 Å². The van der Waals surface area contributed by atoms with Crippen molar-refractivity contribution in [3.05, 3.63) is 0 Å². The molecule has 86 valence electrons. The van der Waals surface area contributed by atoms with E-state index in [9.17, 15) is 5.11 Å². The van der Waals surface area contributed by atoms with Gasteiger partial charge in [-0.2, -0.15) is 0 Å². The van der Waals surface area contributed by atoms with Gasteiger partial charge >= 0.3 is 0 Å². The van der Waals surface area contributed by atoms with Gasteiger partial charge in [0.25, 0.3) is 0 Å². The Morgan fingerprint density at radius 3 is 2.64 bits per heavy atom. The van der Waals surface area contributed by atoms with Gasteiger partial charge in [0.15, 0.2) is 0 Å². The van der Waals surface area contributed by atoms with E-state index in [1.54, 1.807) is 7.11 Å². The van der Waals surface area contributed by atoms with Crippen LogP contribution >= 0.6 is 0 Å². The molecule has 0 fully saturated rings. The number of hydrogen-bond acceptors (Lipinski definition) is 3. The maximum absolute atomic E-state index is 9.89. The highest BCUT2D eigenvalue weighted by atomic mass is 16.5. The zero-order chi connectivity index (χ0) is 11.0. The molecule has 0 saturated carbocycles. The Morgan fingerprint density at radius 2 is 2.14 bits per heavy atom. The lowest BCUT2D eigenvalue weighted by atomic mass is 10.0. The van der Waals surface area contributed by atoms with Crippen molar-refractivity contribution in [1.29, 1.82) is 0 Å². The summed E-state index contributed by atoms with van der Waals surface area (Å²) in [6.45, 7) is 8.44. The average Bonchev–Trinajstić information content (AvgIpc) is 2.14. The van der Waals surface area contributed by atoms with E-state index in [4.69, 9.17) is 4.74 Å². The first-order chi connectivity index (χ1) is 6.52. The largest absolute Gasteiger partial charge is 0.389 e. The number of ether oxygens (including phenoxy) is 1. The fourth-order valence-corrected chi connectivity index (χ4v) is 1.14. The Hall–Kier alpha value is -0.120. The zero-order valence-electron chi connectivity index (χ0n) is 9.97. The quantitative estimate of drug-likeness (QED) is 0.627. The van der Waals surface area contributed by atoms with E-state index in [0.717, 1.165) is 6.54 Å². The molecule has 2 N–H and O–H groups in total. The molecule has 0 aromatic heterocycles. The predicted molar refractivity (Wildman–Crippen MR) is 59.4 cm³/mol. The van der Waals surface area contributed by atoms with Crippen LogP contribution < -0.4 is 5.32 Å². The molecule has 0 radical (unpaired) electrons. The molecule has 0 heterocycles. The minimum Gasteiger partial charge on any atom is -0.389 e. The Balaban J connectivity index is 3.54. The van der Waals surface area contributed by atoms with Gasteiger partial charge < -0.3 is 15.2 Å². The highest BCUT2D eigenvalue weighted by Crippen LogP contribution is 2.08. The van der Waals surface area contributed by atoms with Gasteiger partial charge in [0.1, 0.15) is 0 Å². The van der Waals surface area contributed by atoms with Crippen LogP contribution in [0.3, 0.4) is 0 Å². The highest BCUT2D eigenvalue weighted by molar-refractivity contribution is 4.75. The molecule has 2 unspecified atom stereocenters. The SMILES string of the molecule is CCC(C)CNCC(C)(O)CCOC. The van der Waals surface area contributed by atoms with Gasteiger partial charge in [-0.1, -0.05) is 20.3 Å². The van der Waals surface area contributed by atoms with Crippen LogP contribution in [0.5, 0.6) is 0 Å². The molecule has 3 heteroatoms. The third kappa shape index (κ3) is 7.30. The molecule has 2 atom stereocenters. The van der Waals surface area contributed by atoms with E-state index in [2.05, 4.69) is 19.2 Å². The van der Waals surface area contributed by atoms with Crippen LogP contribution in [0.15, 0.2) is 0 Å². The summed E-state index contributed by atoms with van der Waals surface area (Å²) in [5, 5.41) is 13.2. The summed E-state index contributed by atoms with van der Waals surface area (Å²) in [6.07, 6.45) is 1.85. The molecule has 0 aliphatic heterocycles. The summed E-state index contributed by atoms with van der Waals surface area (Å²) in [5.74, 6) is 0.674. The van der Waals surface area contributed by atoms with Gasteiger partial charge in [0.05, 0.1) is 5.60 Å². The summed E-state index contributed by atoms with van der Waals surface area (Å²) >= 11 is 0. The molecule has 3 nitrogen and oxygen atoms in total. The van der Waals surface area contributed by atoms with Crippen LogP contribution in [-0.4, -0.2) is 37.5 Å². The summed E-state index contributed by atoms with van der Waals surface area (Å²) < 4.78 is 4.94. The van der Waals surface area contributed by atoms with Crippen molar-refractivity contribution >= 4 is 0 Å². The van der Waals surface area contributed by atoms with Crippen LogP contribution in [0.4, 0.5) is 0 Å². The monoisotopic (exact) mass is 203 g/mol. The van der Waals surface area contributed by atoms with Gasteiger partial charge in [0.2, 0.25) is 0 Å². The van der Waals surface area contributed by atoms with Crippen LogP contribution in [-0.2, 0) is 4.74 Å². The first-order valence-electron chi connectivity index (χ1n) is 5.44. The minimum atomic E-state index is -0.649. The fraction of sp³-hybridized carbons (Fsp3) is 1.00. The van der Waals surface area contributed by atoms with Crippen LogP contribution in [0, 0.1) is 5.92 Å². The lowest BCUT2D eigenvalue weighted by Crippen LogP contribution is -2.40. The van der Waals surface area contributed by atoms with Gasteiger partial charge in [-0.05, 0) is 19.4 Å². The van der Waals surface area contributed by atoms with E-state index >= 15 is 0 Å². The average molecular weight is 203 g/mol. The predicted octanol–water partition coefficient (Wildman–Crippen LogP) is 1.41. The second-order valence-corrected chi connectivity index (χ2v) is 4.38. The van der Waals surface area contributed by atoms with E-state index in [1.807, 2.05) is 6.92 Å². The standard InChI is InChI=1S/C11H25NO2/c1-5-10(2)8-12-9-11(3,13)6-7-14-4/h10,12-13H,5-9H2,1-4H3. The van der Waals surface area contributed by atoms with E-state index in [-0.39, 0.29) is 0 Å². The molecule has 0 amide bonds. The first kappa shape index (κ1) is 13.9. The third-order valence-electron chi connectivity index (χ3n) is 2.54. The van der Waals surface area contributed by atoms with Crippen LogP contribution in [0.25, 0.3) is 0 Å². The molecule has 0 rings (SSSR count). The number of nitrogens with one attached hydrogen (secondary N) is 1. The summed E-state index contributed by atoms with van der Waals surface area (Å²) in [7, 11) is 1.66. The topological polar surface area (TPSA) is 41.5 Å². The highest BCUT2D eigenvalue weighted by Gasteiger charge is 2.19. The van der Waals surface area contributed by atoms with Crippen molar-refractivity contribution in [2.45, 2.75) is 39.2 Å². The molecule has 0 bridgehead atoms. The molecule has 0 aromatic rings. The van der Waals surface area contributed by atoms with Gasteiger partial charge in [-0.15, -0.1) is 0 Å². The maximum atomic E-state index is 9.89. The Bertz CT molecular complexity index is 137. The molecular weight excluding hydrogens is 178 g/mol. The molecule has 0 aliphatic rings. The van der Waals surface area contributed by atoms with E-state index in [0.29, 0.717) is 25.5 Å². The molecule has 0 aromatic carbocycles. The Morgan fingerprint density at radius 1 is 1.50 bits per heavy atom. The maximum Gasteiger partial charge on any atom is 0.0765 e. The van der Waals surface area contributed by atoms with Crippen molar-refractivity contribution in [2.75, 3.05) is 26.8 Å². The number of rotatable bonds is 8. The smallest absolute Gasteiger partial charge is 0.0765 e. The van der Waals surface area contributed by atoms with Gasteiger partial charge in [-0.3, -0.25) is 0 Å². The third-order valence-corrected chi connectivity index (χ3v) is 2.54. The van der Waals surface area contributed by atoms with Crippen molar-refractivity contribution in [1.82, 2.24) is 5.32 Å². The second-order valence-electron chi connectivity index (χ2n) is 4.38. The minimum absolute atomic E-state index is 0.609. The van der Waals surface area contributed by atoms with E-state index < -0.39 is 5.60 Å². The van der Waals surface area contributed by atoms with Crippen molar-refractivity contribution in [3.8, 4) is 0 Å². The molecule has 0 aliphatic carbocycles. The molecule has 0 saturated heterocycles. The summed E-state index contributed by atoms with van der Waals surface area (Å²) in [5.41, 5.74) is -0.649. The normalized spacial score (nSPS) is 17.8. The zero-order valence-corrected chi connectivity index (χ0v) is 9.97. The first-order valence-corrected chi connectivity index (χ1v) is 5.44. The Kier molecular flexibility index (Phi) is 7.15. The Labute approximate surface area is 87.8 Å². The summed E-state index contributed by atoms with van der Waals surface area (Å²) in [4.78, 5) is 0. The van der Waals surface area contributed by atoms with Gasteiger partial charge in [-0.25, -0.2) is 0 Å². The molecule has 14 heavy (non-hydrogen) atoms. The summed E-state index contributed by atoms with van der Waals surface area (Å²) in [6, 6.07) is 0. The van der Waals surface area contributed by atoms with Crippen LogP contribution in [0.2, 0.25) is 0 Å². The fourth-order valence-electron chi connectivity index (χ4n) is 1.14. The van der Waals surface area contributed by atoms with Crippen molar-refractivity contribution in [2.24, 2.45) is 5.92 Å². The number of hydrogen-bond donors (Lipinski definition) is 2. The molecular formula is C11H25NO2. The lowest BCUT2D eigenvalue weighted by molar-refractivity contribution is 0.0245. The van der Waals surface area contributed by atoms with E-state index in [1.165, 1.54) is 6.42 Å². The number of methoxy groups -OCH3 is 1. The number of aliphatic hydroxyl groups is 1.